The summed E-state index contributed by atoms with van der Waals surface area (Å²) in [7, 11) is 1.66. The van der Waals surface area contributed by atoms with E-state index >= 15 is 0 Å². The van der Waals surface area contributed by atoms with Gasteiger partial charge >= 0.3 is 0 Å². The van der Waals surface area contributed by atoms with Gasteiger partial charge in [-0.25, -0.2) is 0 Å². The van der Waals surface area contributed by atoms with Crippen LogP contribution in [0, 0.1) is 0 Å². The number of aromatic nitrogens is 3. The lowest BCUT2D eigenvalue weighted by Gasteiger charge is -2.09. The van der Waals surface area contributed by atoms with Gasteiger partial charge in [-0.1, -0.05) is 36.0 Å². The van der Waals surface area contributed by atoms with Crippen molar-refractivity contribution in [3.63, 3.8) is 0 Å². The number of ether oxygens (including phenoxy) is 1. The van der Waals surface area contributed by atoms with Gasteiger partial charge in [0.1, 0.15) is 5.75 Å². The molecule has 1 aromatic heterocycles. The topological polar surface area (TPSA) is 69.0 Å². The lowest BCUT2D eigenvalue weighted by molar-refractivity contribution is 0.0951. The Kier molecular flexibility index (Phi) is 5.85. The van der Waals surface area contributed by atoms with E-state index in [1.165, 1.54) is 0 Å². The van der Waals surface area contributed by atoms with Crippen LogP contribution >= 0.6 is 11.8 Å². The van der Waals surface area contributed by atoms with Gasteiger partial charge < -0.3 is 14.6 Å². The van der Waals surface area contributed by atoms with Gasteiger partial charge in [-0.05, 0) is 49.6 Å². The monoisotopic (exact) mass is 408 g/mol. The van der Waals surface area contributed by atoms with Crippen LogP contribution in [0.1, 0.15) is 35.7 Å². The molecule has 7 heteroatoms. The minimum Gasteiger partial charge on any atom is -0.497 e. The van der Waals surface area contributed by atoms with E-state index in [4.69, 9.17) is 4.74 Å². The quantitative estimate of drug-likeness (QED) is 0.567. The molecule has 6 nitrogen and oxygen atoms in total. The number of methoxy groups -OCH3 is 1. The molecule has 0 radical (unpaired) electrons. The molecular formula is C22H24N4O2S. The first-order chi connectivity index (χ1) is 14.2. The lowest BCUT2D eigenvalue weighted by atomic mass is 10.1. The zero-order chi connectivity index (χ0) is 20.2. The van der Waals surface area contributed by atoms with E-state index in [1.54, 1.807) is 18.9 Å². The lowest BCUT2D eigenvalue weighted by Crippen LogP contribution is -2.25. The second-order valence-electron chi connectivity index (χ2n) is 7.02. The number of rotatable bonds is 8. The van der Waals surface area contributed by atoms with Gasteiger partial charge in [0.2, 0.25) is 0 Å². The van der Waals surface area contributed by atoms with Gasteiger partial charge in [0.25, 0.3) is 5.91 Å². The Morgan fingerprint density at radius 1 is 1.21 bits per heavy atom. The van der Waals surface area contributed by atoms with Crippen molar-refractivity contribution in [1.82, 2.24) is 20.1 Å². The summed E-state index contributed by atoms with van der Waals surface area (Å²) in [4.78, 5) is 12.1. The second-order valence-corrected chi connectivity index (χ2v) is 7.96. The first-order valence-electron chi connectivity index (χ1n) is 9.78. The van der Waals surface area contributed by atoms with Crippen LogP contribution in [-0.2, 0) is 12.3 Å². The average Bonchev–Trinajstić information content (AvgIpc) is 3.48. The van der Waals surface area contributed by atoms with Crippen molar-refractivity contribution >= 4 is 17.7 Å². The van der Waals surface area contributed by atoms with E-state index in [1.807, 2.05) is 48.5 Å². The fourth-order valence-electron chi connectivity index (χ4n) is 3.05. The number of hydrogen-bond donors (Lipinski definition) is 1. The molecule has 1 fully saturated rings. The van der Waals surface area contributed by atoms with E-state index in [9.17, 15) is 4.79 Å². The summed E-state index contributed by atoms with van der Waals surface area (Å²) in [5.41, 5.74) is 2.84. The van der Waals surface area contributed by atoms with Crippen LogP contribution in [-0.4, -0.2) is 33.8 Å². The Morgan fingerprint density at radius 2 is 2.00 bits per heavy atom. The van der Waals surface area contributed by atoms with Crippen LogP contribution in [0.5, 0.6) is 5.75 Å². The molecule has 1 amide bonds. The molecule has 0 atom stereocenters. The zero-order valence-corrected chi connectivity index (χ0v) is 17.4. The summed E-state index contributed by atoms with van der Waals surface area (Å²) in [5, 5.41) is 12.7. The molecule has 2 aromatic carbocycles. The average molecular weight is 409 g/mol. The van der Waals surface area contributed by atoms with Crippen LogP contribution in [0.25, 0.3) is 11.4 Å². The van der Waals surface area contributed by atoms with Crippen molar-refractivity contribution in [2.24, 2.45) is 0 Å². The molecule has 29 heavy (non-hydrogen) atoms. The zero-order valence-electron chi connectivity index (χ0n) is 16.6. The van der Waals surface area contributed by atoms with E-state index < -0.39 is 0 Å². The third-order valence-electron chi connectivity index (χ3n) is 4.86. The fraction of sp³-hybridized carbons (Fsp3) is 0.318. The molecule has 1 aliphatic carbocycles. The van der Waals surface area contributed by atoms with Gasteiger partial charge in [-0.2, -0.15) is 0 Å². The van der Waals surface area contributed by atoms with Gasteiger partial charge in [-0.3, -0.25) is 4.79 Å². The Morgan fingerprint density at radius 3 is 2.69 bits per heavy atom. The summed E-state index contributed by atoms with van der Waals surface area (Å²) in [5.74, 6) is 2.41. The third kappa shape index (κ3) is 4.62. The Balaban J connectivity index is 1.44. The molecule has 1 aliphatic rings. The third-order valence-corrected chi connectivity index (χ3v) is 5.90. The molecule has 150 valence electrons. The van der Waals surface area contributed by atoms with Crippen molar-refractivity contribution in [2.45, 2.75) is 43.3 Å². The molecule has 3 aromatic rings. The predicted octanol–water partition coefficient (Wildman–Crippen LogP) is 4.16. The predicted molar refractivity (Wildman–Crippen MR) is 114 cm³/mol. The molecule has 4 rings (SSSR count). The summed E-state index contributed by atoms with van der Waals surface area (Å²) in [6, 6.07) is 16.0. The molecule has 1 N–H and O–H groups in total. The number of thioether (sulfide) groups is 1. The van der Waals surface area contributed by atoms with Gasteiger partial charge in [0.15, 0.2) is 11.0 Å². The molecular weight excluding hydrogens is 384 g/mol. The minimum atomic E-state index is 0.0142. The highest BCUT2D eigenvalue weighted by Crippen LogP contribution is 2.28. The molecule has 0 spiro atoms. The van der Waals surface area contributed by atoms with E-state index in [-0.39, 0.29) is 5.91 Å². The van der Waals surface area contributed by atoms with Crippen molar-refractivity contribution in [2.75, 3.05) is 7.11 Å². The Labute approximate surface area is 174 Å². The molecule has 1 saturated carbocycles. The van der Waals surface area contributed by atoms with Crippen LogP contribution in [0.15, 0.2) is 53.7 Å². The smallest absolute Gasteiger partial charge is 0.251 e. The number of carbonyl (C=O) groups is 1. The minimum absolute atomic E-state index is 0.0142. The maximum atomic E-state index is 12.1. The van der Waals surface area contributed by atoms with Crippen molar-refractivity contribution < 1.29 is 9.53 Å². The number of nitrogens with one attached hydrogen (secondary N) is 1. The highest BCUT2D eigenvalue weighted by atomic mass is 32.2. The van der Waals surface area contributed by atoms with Crippen LogP contribution in [0.4, 0.5) is 0 Å². The number of carbonyl (C=O) groups excluding carboxylic acids is 1. The van der Waals surface area contributed by atoms with Crippen molar-refractivity contribution in [3.05, 3.63) is 59.7 Å². The summed E-state index contributed by atoms with van der Waals surface area (Å²) < 4.78 is 7.43. The standard InChI is InChI=1S/C22H24N4O2S/c1-3-26-20(17-5-4-6-19(13-17)28-2)24-25-22(26)29-14-15-7-9-16(10-8-15)21(27)23-18-11-12-18/h4-10,13,18H,3,11-12,14H2,1-2H3,(H,23,27). The summed E-state index contributed by atoms with van der Waals surface area (Å²) in [6.45, 7) is 2.87. The Bertz CT molecular complexity index is 996. The van der Waals surface area contributed by atoms with Gasteiger partial charge in [0, 0.05) is 29.5 Å². The van der Waals surface area contributed by atoms with Crippen molar-refractivity contribution in [1.29, 1.82) is 0 Å². The largest absolute Gasteiger partial charge is 0.497 e. The number of nitrogens with zero attached hydrogens (tertiary/aromatic N) is 3. The van der Waals surface area contributed by atoms with Gasteiger partial charge in [-0.15, -0.1) is 10.2 Å². The normalized spacial score (nSPS) is 13.3. The van der Waals surface area contributed by atoms with E-state index in [2.05, 4.69) is 27.0 Å². The molecule has 1 heterocycles. The van der Waals surface area contributed by atoms with Crippen LogP contribution < -0.4 is 10.1 Å². The van der Waals surface area contributed by atoms with E-state index in [0.29, 0.717) is 11.6 Å². The maximum Gasteiger partial charge on any atom is 0.251 e. The van der Waals surface area contributed by atoms with E-state index in [0.717, 1.165) is 53.0 Å². The van der Waals surface area contributed by atoms with Crippen LogP contribution in [0.3, 0.4) is 0 Å². The Hall–Kier alpha value is -2.80. The summed E-state index contributed by atoms with van der Waals surface area (Å²) >= 11 is 1.64. The van der Waals surface area contributed by atoms with Gasteiger partial charge in [0.05, 0.1) is 7.11 Å². The molecule has 0 unspecified atom stereocenters. The van der Waals surface area contributed by atoms with Crippen LogP contribution in [0.2, 0.25) is 0 Å². The highest BCUT2D eigenvalue weighted by molar-refractivity contribution is 7.98. The first-order valence-corrected chi connectivity index (χ1v) is 10.8. The highest BCUT2D eigenvalue weighted by Gasteiger charge is 2.23. The molecule has 0 aliphatic heterocycles. The number of hydrogen-bond acceptors (Lipinski definition) is 5. The SMILES string of the molecule is CCn1c(SCc2ccc(C(=O)NC3CC3)cc2)nnc1-c1cccc(OC)c1. The number of amides is 1. The molecule has 0 bridgehead atoms. The second kappa shape index (κ2) is 8.69. The number of benzene rings is 2. The fourth-order valence-corrected chi connectivity index (χ4v) is 4.01. The summed E-state index contributed by atoms with van der Waals surface area (Å²) in [6.07, 6.45) is 2.19. The molecule has 0 saturated heterocycles. The first kappa shape index (κ1) is 19.5. The maximum absolute atomic E-state index is 12.1. The van der Waals surface area contributed by atoms with Crippen molar-refractivity contribution in [3.8, 4) is 17.1 Å².